The van der Waals surface area contributed by atoms with Crippen LogP contribution in [0, 0.1) is 0 Å². The lowest BCUT2D eigenvalue weighted by atomic mass is 10.2. The number of rotatable bonds is 5. The average Bonchev–Trinajstić information content (AvgIpc) is 2.98. The first-order valence-electron chi connectivity index (χ1n) is 5.32. The maximum absolute atomic E-state index is 5.17. The zero-order valence-corrected chi connectivity index (χ0v) is 10.8. The minimum Gasteiger partial charge on any atom is -0.374 e. The second-order valence-electron chi connectivity index (χ2n) is 3.73. The first-order chi connectivity index (χ1) is 8.20. The Kier molecular flexibility index (Phi) is 3.70. The number of methoxy groups -OCH3 is 1. The maximum atomic E-state index is 5.17. The molecule has 7 heteroatoms. The van der Waals surface area contributed by atoms with Crippen molar-refractivity contribution in [3.8, 4) is 0 Å². The van der Waals surface area contributed by atoms with Crippen LogP contribution in [0.3, 0.4) is 0 Å². The van der Waals surface area contributed by atoms with Gasteiger partial charge in [0.2, 0.25) is 5.13 Å². The molecular formula is C10H15N5OS. The minimum atomic E-state index is -0.0777. The lowest BCUT2D eigenvalue weighted by Gasteiger charge is -2.09. The number of nitrogens with one attached hydrogen (secondary N) is 2. The van der Waals surface area contributed by atoms with E-state index in [1.807, 2.05) is 20.0 Å². The third kappa shape index (κ3) is 2.80. The van der Waals surface area contributed by atoms with E-state index < -0.39 is 0 Å². The van der Waals surface area contributed by atoms with Gasteiger partial charge in [0.15, 0.2) is 5.82 Å². The van der Waals surface area contributed by atoms with E-state index in [0.717, 1.165) is 10.7 Å². The van der Waals surface area contributed by atoms with Gasteiger partial charge in [0.25, 0.3) is 0 Å². The molecule has 0 aliphatic rings. The fourth-order valence-electron chi connectivity index (χ4n) is 1.33. The summed E-state index contributed by atoms with van der Waals surface area (Å²) in [6, 6.07) is 0.146. The van der Waals surface area contributed by atoms with Crippen LogP contribution in [0.1, 0.15) is 37.4 Å². The summed E-state index contributed by atoms with van der Waals surface area (Å²) in [7, 11) is 1.65. The van der Waals surface area contributed by atoms with Crippen LogP contribution in [0.25, 0.3) is 0 Å². The lowest BCUT2D eigenvalue weighted by molar-refractivity contribution is 0.113. The number of aromatic nitrogens is 4. The van der Waals surface area contributed by atoms with Gasteiger partial charge in [-0.15, -0.1) is 0 Å². The molecule has 0 aliphatic heterocycles. The molecule has 2 aromatic rings. The van der Waals surface area contributed by atoms with E-state index in [0.29, 0.717) is 5.82 Å². The summed E-state index contributed by atoms with van der Waals surface area (Å²) < 4.78 is 9.41. The number of anilines is 1. The van der Waals surface area contributed by atoms with Crippen molar-refractivity contribution in [2.75, 3.05) is 12.4 Å². The molecule has 2 rings (SSSR count). The predicted octanol–water partition coefficient (Wildman–Crippen LogP) is 2.14. The highest BCUT2D eigenvalue weighted by Crippen LogP contribution is 2.22. The number of nitrogens with zero attached hydrogens (tertiary/aromatic N) is 3. The Bertz CT molecular complexity index is 455. The third-order valence-electron chi connectivity index (χ3n) is 2.52. The molecule has 0 fully saturated rings. The van der Waals surface area contributed by atoms with Gasteiger partial charge in [-0.05, 0) is 13.8 Å². The molecule has 0 saturated heterocycles. The van der Waals surface area contributed by atoms with Crippen LogP contribution in [0.15, 0.2) is 12.4 Å². The van der Waals surface area contributed by atoms with Gasteiger partial charge in [-0.1, -0.05) is 0 Å². The monoisotopic (exact) mass is 253 g/mol. The van der Waals surface area contributed by atoms with Crippen molar-refractivity contribution in [1.29, 1.82) is 0 Å². The van der Waals surface area contributed by atoms with Crippen molar-refractivity contribution < 1.29 is 4.74 Å². The van der Waals surface area contributed by atoms with Crippen LogP contribution < -0.4 is 5.32 Å². The second kappa shape index (κ2) is 5.24. The van der Waals surface area contributed by atoms with E-state index in [2.05, 4.69) is 24.9 Å². The van der Waals surface area contributed by atoms with E-state index >= 15 is 0 Å². The molecule has 6 nitrogen and oxygen atoms in total. The number of aromatic amines is 1. The van der Waals surface area contributed by atoms with Gasteiger partial charge in [-0.2, -0.15) is 9.47 Å². The lowest BCUT2D eigenvalue weighted by Crippen LogP contribution is -2.06. The van der Waals surface area contributed by atoms with Gasteiger partial charge < -0.3 is 10.1 Å². The van der Waals surface area contributed by atoms with Gasteiger partial charge >= 0.3 is 0 Å². The van der Waals surface area contributed by atoms with Crippen molar-refractivity contribution >= 4 is 16.7 Å². The van der Waals surface area contributed by atoms with Gasteiger partial charge in [0.05, 0.1) is 12.2 Å². The fourth-order valence-corrected chi connectivity index (χ4v) is 2.06. The number of hydrogen-bond donors (Lipinski definition) is 2. The molecule has 0 saturated carbocycles. The topological polar surface area (TPSA) is 75.7 Å². The molecule has 0 aliphatic carbocycles. The van der Waals surface area contributed by atoms with Gasteiger partial charge in [-0.3, -0.25) is 5.10 Å². The second-order valence-corrected chi connectivity index (χ2v) is 4.49. The van der Waals surface area contributed by atoms with Crippen LogP contribution in [-0.2, 0) is 4.74 Å². The van der Waals surface area contributed by atoms with Crippen molar-refractivity contribution in [1.82, 2.24) is 19.6 Å². The quantitative estimate of drug-likeness (QED) is 0.853. The highest BCUT2D eigenvalue weighted by Gasteiger charge is 2.13. The highest BCUT2D eigenvalue weighted by atomic mass is 32.1. The predicted molar refractivity (Wildman–Crippen MR) is 66.0 cm³/mol. The molecule has 2 atom stereocenters. The average molecular weight is 253 g/mol. The zero-order chi connectivity index (χ0) is 12.3. The summed E-state index contributed by atoms with van der Waals surface area (Å²) in [6.07, 6.45) is 3.57. The third-order valence-corrected chi connectivity index (χ3v) is 3.18. The summed E-state index contributed by atoms with van der Waals surface area (Å²) in [5.74, 6) is 0.708. The number of hydrogen-bond acceptors (Lipinski definition) is 6. The molecule has 0 aromatic carbocycles. The summed E-state index contributed by atoms with van der Waals surface area (Å²) in [4.78, 5) is 4.37. The summed E-state index contributed by atoms with van der Waals surface area (Å²) >= 11 is 1.34. The molecule has 0 bridgehead atoms. The Balaban J connectivity index is 2.02. The van der Waals surface area contributed by atoms with Crippen LogP contribution >= 0.6 is 11.5 Å². The summed E-state index contributed by atoms with van der Waals surface area (Å²) in [5.41, 5.74) is 1.08. The Hall–Kier alpha value is -1.47. The van der Waals surface area contributed by atoms with Crippen LogP contribution in [0.2, 0.25) is 0 Å². The molecule has 2 unspecified atom stereocenters. The van der Waals surface area contributed by atoms with E-state index in [1.165, 1.54) is 11.5 Å². The van der Waals surface area contributed by atoms with Crippen LogP contribution in [0.5, 0.6) is 0 Å². The maximum Gasteiger partial charge on any atom is 0.203 e. The van der Waals surface area contributed by atoms with Crippen LogP contribution in [-0.4, -0.2) is 26.7 Å². The Morgan fingerprint density at radius 1 is 1.47 bits per heavy atom. The molecule has 0 spiro atoms. The van der Waals surface area contributed by atoms with E-state index in [1.54, 1.807) is 13.3 Å². The Labute approximate surface area is 104 Å². The molecular weight excluding hydrogens is 238 g/mol. The van der Waals surface area contributed by atoms with E-state index in [9.17, 15) is 0 Å². The van der Waals surface area contributed by atoms with Crippen molar-refractivity contribution in [3.05, 3.63) is 23.8 Å². The molecule has 2 N–H and O–H groups in total. The summed E-state index contributed by atoms with van der Waals surface area (Å²) in [5, 5.41) is 10.8. The first kappa shape index (κ1) is 12.0. The van der Waals surface area contributed by atoms with Crippen molar-refractivity contribution in [2.45, 2.75) is 26.0 Å². The normalized spacial score (nSPS) is 14.5. The number of H-pyrrole nitrogens is 1. The van der Waals surface area contributed by atoms with Crippen molar-refractivity contribution in [3.63, 3.8) is 0 Å². The fraction of sp³-hybridized carbons (Fsp3) is 0.500. The Morgan fingerprint density at radius 2 is 2.29 bits per heavy atom. The van der Waals surface area contributed by atoms with Gasteiger partial charge in [0, 0.05) is 30.4 Å². The largest absolute Gasteiger partial charge is 0.374 e. The summed E-state index contributed by atoms with van der Waals surface area (Å²) in [6.45, 7) is 3.97. The molecule has 92 valence electrons. The van der Waals surface area contributed by atoms with Crippen LogP contribution in [0.4, 0.5) is 5.13 Å². The molecule has 17 heavy (non-hydrogen) atoms. The SMILES string of the molecule is COC(C)c1nsc(NC(C)c2cn[nH]c2)n1. The zero-order valence-electron chi connectivity index (χ0n) is 9.97. The van der Waals surface area contributed by atoms with Gasteiger partial charge in [-0.25, -0.2) is 4.98 Å². The highest BCUT2D eigenvalue weighted by molar-refractivity contribution is 7.09. The molecule has 0 amide bonds. The minimum absolute atomic E-state index is 0.0777. The van der Waals surface area contributed by atoms with Crippen molar-refractivity contribution in [2.24, 2.45) is 0 Å². The molecule has 0 radical (unpaired) electrons. The van der Waals surface area contributed by atoms with E-state index in [4.69, 9.17) is 4.74 Å². The smallest absolute Gasteiger partial charge is 0.203 e. The first-order valence-corrected chi connectivity index (χ1v) is 6.09. The molecule has 2 heterocycles. The Morgan fingerprint density at radius 3 is 2.94 bits per heavy atom. The van der Waals surface area contributed by atoms with Gasteiger partial charge in [0.1, 0.15) is 6.10 Å². The molecule has 2 aromatic heterocycles. The van der Waals surface area contributed by atoms with E-state index in [-0.39, 0.29) is 12.1 Å². The number of ether oxygens (including phenoxy) is 1. The standard InChI is InChI=1S/C10H15N5OS/c1-6(8-4-11-12-5-8)13-10-14-9(15-17-10)7(2)16-3/h4-7H,1-3H3,(H,11,12)(H,13,14,15).